The average Bonchev–Trinajstić information content (AvgIpc) is 1.97. The monoisotopic (exact) mass is 144 g/mol. The SMILES string of the molecule is CCCCC=COCCO. The lowest BCUT2D eigenvalue weighted by Crippen LogP contribution is -1.91. The molecule has 0 bridgehead atoms. The molecule has 0 aromatic heterocycles. The predicted octanol–water partition coefficient (Wildman–Crippen LogP) is 1.70. The molecule has 1 N–H and O–H groups in total. The van der Waals surface area contributed by atoms with Crippen LogP contribution in [0, 0.1) is 0 Å². The Bertz CT molecular complexity index is 69.3. The fourth-order valence-electron chi connectivity index (χ4n) is 0.579. The van der Waals surface area contributed by atoms with E-state index in [1.807, 2.05) is 6.08 Å². The highest BCUT2D eigenvalue weighted by molar-refractivity contribution is 4.72. The summed E-state index contributed by atoms with van der Waals surface area (Å²) in [6.45, 7) is 2.66. The summed E-state index contributed by atoms with van der Waals surface area (Å²) in [6, 6.07) is 0. The molecule has 60 valence electrons. The predicted molar refractivity (Wildman–Crippen MR) is 41.7 cm³/mol. The average molecular weight is 144 g/mol. The van der Waals surface area contributed by atoms with Crippen molar-refractivity contribution in [2.75, 3.05) is 13.2 Å². The van der Waals surface area contributed by atoms with Crippen LogP contribution in [-0.4, -0.2) is 18.3 Å². The zero-order valence-corrected chi connectivity index (χ0v) is 6.55. The van der Waals surface area contributed by atoms with Gasteiger partial charge in [-0.3, -0.25) is 0 Å². The first-order valence-corrected chi connectivity index (χ1v) is 3.79. The highest BCUT2D eigenvalue weighted by Crippen LogP contribution is 1.94. The molecule has 2 heteroatoms. The maximum absolute atomic E-state index is 8.31. The summed E-state index contributed by atoms with van der Waals surface area (Å²) < 4.78 is 4.90. The van der Waals surface area contributed by atoms with Crippen LogP contribution >= 0.6 is 0 Å². The van der Waals surface area contributed by atoms with Crippen LogP contribution < -0.4 is 0 Å². The molecule has 0 amide bonds. The normalized spacial score (nSPS) is 10.6. The number of unbranched alkanes of at least 4 members (excludes halogenated alkanes) is 2. The van der Waals surface area contributed by atoms with Gasteiger partial charge in [0.25, 0.3) is 0 Å². The molecule has 0 aliphatic carbocycles. The Morgan fingerprint density at radius 3 is 2.90 bits per heavy atom. The van der Waals surface area contributed by atoms with E-state index in [-0.39, 0.29) is 6.61 Å². The van der Waals surface area contributed by atoms with Gasteiger partial charge in [0.2, 0.25) is 0 Å². The molecule has 0 aromatic rings. The smallest absolute Gasteiger partial charge is 0.110 e. The molecule has 0 aliphatic rings. The Morgan fingerprint density at radius 2 is 2.30 bits per heavy atom. The topological polar surface area (TPSA) is 29.5 Å². The Morgan fingerprint density at radius 1 is 1.50 bits per heavy atom. The minimum absolute atomic E-state index is 0.0954. The fourth-order valence-corrected chi connectivity index (χ4v) is 0.579. The number of hydrogen-bond donors (Lipinski definition) is 1. The van der Waals surface area contributed by atoms with Gasteiger partial charge in [-0.25, -0.2) is 0 Å². The molecule has 10 heavy (non-hydrogen) atoms. The molecule has 0 radical (unpaired) electrons. The Hall–Kier alpha value is -0.500. The summed E-state index contributed by atoms with van der Waals surface area (Å²) in [7, 11) is 0. The van der Waals surface area contributed by atoms with E-state index in [9.17, 15) is 0 Å². The molecule has 0 heterocycles. The van der Waals surface area contributed by atoms with Crippen molar-refractivity contribution in [3.05, 3.63) is 12.3 Å². The molecule has 0 aliphatic heterocycles. The van der Waals surface area contributed by atoms with E-state index in [4.69, 9.17) is 9.84 Å². The van der Waals surface area contributed by atoms with Crippen molar-refractivity contribution in [3.8, 4) is 0 Å². The van der Waals surface area contributed by atoms with Gasteiger partial charge in [-0.1, -0.05) is 13.3 Å². The Balaban J connectivity index is 2.89. The van der Waals surface area contributed by atoms with E-state index >= 15 is 0 Å². The largest absolute Gasteiger partial charge is 0.499 e. The van der Waals surface area contributed by atoms with Crippen molar-refractivity contribution in [1.82, 2.24) is 0 Å². The fraction of sp³-hybridized carbons (Fsp3) is 0.750. The minimum Gasteiger partial charge on any atom is -0.499 e. The van der Waals surface area contributed by atoms with Crippen LogP contribution in [0.3, 0.4) is 0 Å². The summed E-state index contributed by atoms with van der Waals surface area (Å²) >= 11 is 0. The molecule has 0 unspecified atom stereocenters. The third kappa shape index (κ3) is 7.50. The summed E-state index contributed by atoms with van der Waals surface area (Å²) in [6.07, 6.45) is 7.14. The van der Waals surface area contributed by atoms with Crippen LogP contribution in [0.1, 0.15) is 26.2 Å². The molecular formula is C8H16O2. The second-order valence-corrected chi connectivity index (χ2v) is 2.11. The molecule has 0 atom stereocenters. The lowest BCUT2D eigenvalue weighted by molar-refractivity contribution is 0.165. The third-order valence-electron chi connectivity index (χ3n) is 1.13. The Kier molecular flexibility index (Phi) is 8.07. The first-order chi connectivity index (χ1) is 4.91. The molecule has 2 nitrogen and oxygen atoms in total. The van der Waals surface area contributed by atoms with E-state index in [1.165, 1.54) is 12.8 Å². The number of ether oxygens (including phenoxy) is 1. The molecule has 0 fully saturated rings. The summed E-state index contributed by atoms with van der Waals surface area (Å²) in [4.78, 5) is 0. The second-order valence-electron chi connectivity index (χ2n) is 2.11. The zero-order chi connectivity index (χ0) is 7.66. The van der Waals surface area contributed by atoms with Crippen LogP contribution in [0.25, 0.3) is 0 Å². The lowest BCUT2D eigenvalue weighted by atomic mass is 10.2. The van der Waals surface area contributed by atoms with Gasteiger partial charge in [-0.15, -0.1) is 0 Å². The first kappa shape index (κ1) is 9.50. The van der Waals surface area contributed by atoms with Gasteiger partial charge in [0.05, 0.1) is 12.9 Å². The summed E-state index contributed by atoms with van der Waals surface area (Å²) in [5.41, 5.74) is 0. The maximum Gasteiger partial charge on any atom is 0.110 e. The van der Waals surface area contributed by atoms with Crippen molar-refractivity contribution < 1.29 is 9.84 Å². The Labute approximate surface area is 62.5 Å². The standard InChI is InChI=1S/C8H16O2/c1-2-3-4-5-7-10-8-6-9/h5,7,9H,2-4,6,8H2,1H3. The van der Waals surface area contributed by atoms with Crippen molar-refractivity contribution >= 4 is 0 Å². The van der Waals surface area contributed by atoms with E-state index in [0.717, 1.165) is 6.42 Å². The van der Waals surface area contributed by atoms with Gasteiger partial charge in [0, 0.05) is 0 Å². The second kappa shape index (κ2) is 8.50. The van der Waals surface area contributed by atoms with Gasteiger partial charge in [-0.05, 0) is 18.9 Å². The summed E-state index contributed by atoms with van der Waals surface area (Å²) in [5, 5.41) is 8.31. The van der Waals surface area contributed by atoms with Crippen molar-refractivity contribution in [2.45, 2.75) is 26.2 Å². The van der Waals surface area contributed by atoms with Gasteiger partial charge in [-0.2, -0.15) is 0 Å². The highest BCUT2D eigenvalue weighted by atomic mass is 16.5. The van der Waals surface area contributed by atoms with Crippen molar-refractivity contribution in [1.29, 1.82) is 0 Å². The van der Waals surface area contributed by atoms with Crippen LogP contribution in [0.15, 0.2) is 12.3 Å². The van der Waals surface area contributed by atoms with Crippen LogP contribution in [0.4, 0.5) is 0 Å². The van der Waals surface area contributed by atoms with Gasteiger partial charge >= 0.3 is 0 Å². The highest BCUT2D eigenvalue weighted by Gasteiger charge is 1.78. The van der Waals surface area contributed by atoms with Gasteiger partial charge < -0.3 is 9.84 Å². The lowest BCUT2D eigenvalue weighted by Gasteiger charge is -1.94. The number of rotatable bonds is 6. The molecular weight excluding hydrogens is 128 g/mol. The van der Waals surface area contributed by atoms with E-state index in [1.54, 1.807) is 6.26 Å². The third-order valence-corrected chi connectivity index (χ3v) is 1.13. The number of allylic oxidation sites excluding steroid dienone is 1. The quantitative estimate of drug-likeness (QED) is 0.454. The number of aliphatic hydroxyl groups excluding tert-OH is 1. The van der Waals surface area contributed by atoms with Crippen LogP contribution in [0.5, 0.6) is 0 Å². The van der Waals surface area contributed by atoms with Crippen molar-refractivity contribution in [2.24, 2.45) is 0 Å². The minimum atomic E-state index is 0.0954. The molecule has 0 saturated carbocycles. The number of aliphatic hydroxyl groups is 1. The van der Waals surface area contributed by atoms with E-state index in [0.29, 0.717) is 6.61 Å². The summed E-state index contributed by atoms with van der Waals surface area (Å²) in [5.74, 6) is 0. The van der Waals surface area contributed by atoms with Gasteiger partial charge in [0.15, 0.2) is 0 Å². The molecule has 0 aromatic carbocycles. The van der Waals surface area contributed by atoms with Crippen LogP contribution in [0.2, 0.25) is 0 Å². The van der Waals surface area contributed by atoms with E-state index < -0.39 is 0 Å². The van der Waals surface area contributed by atoms with Crippen molar-refractivity contribution in [3.63, 3.8) is 0 Å². The van der Waals surface area contributed by atoms with Crippen LogP contribution in [-0.2, 0) is 4.74 Å². The van der Waals surface area contributed by atoms with Gasteiger partial charge in [0.1, 0.15) is 6.61 Å². The number of hydrogen-bond acceptors (Lipinski definition) is 2. The zero-order valence-electron chi connectivity index (χ0n) is 6.55. The molecule has 0 saturated heterocycles. The maximum atomic E-state index is 8.31. The molecule has 0 rings (SSSR count). The van der Waals surface area contributed by atoms with E-state index in [2.05, 4.69) is 6.92 Å². The first-order valence-electron chi connectivity index (χ1n) is 3.79. The molecule has 0 spiro atoms.